The molecule has 0 aromatic heterocycles. The van der Waals surface area contributed by atoms with Crippen LogP contribution >= 0.6 is 31.9 Å². The molecule has 0 saturated heterocycles. The summed E-state index contributed by atoms with van der Waals surface area (Å²) in [5.74, 6) is 0.142. The molecule has 0 spiro atoms. The van der Waals surface area contributed by atoms with E-state index in [1.54, 1.807) is 19.1 Å². The Balaban J connectivity index is 1.57. The van der Waals surface area contributed by atoms with E-state index in [-0.39, 0.29) is 17.3 Å². The maximum Gasteiger partial charge on any atom is 0.363 e. The molecule has 3 aromatic rings. The number of hydrogen-bond donors (Lipinski definition) is 0. The molecule has 4 rings (SSSR count). The number of hydrogen-bond acceptors (Lipinski definition) is 6. The number of cyclic esters (lactones) is 1. The largest absolute Gasteiger partial charge is 0.487 e. The number of nitrogens with zero attached hydrogens (tertiary/aromatic N) is 2. The van der Waals surface area contributed by atoms with Gasteiger partial charge in [-0.25, -0.2) is 9.79 Å². The number of ether oxygens (including phenoxy) is 2. The first-order valence-corrected chi connectivity index (χ1v) is 11.3. The average Bonchev–Trinajstić information content (AvgIpc) is 3.13. The van der Waals surface area contributed by atoms with Crippen LogP contribution in [0.3, 0.4) is 0 Å². The summed E-state index contributed by atoms with van der Waals surface area (Å²) in [6.45, 7) is 2.03. The van der Waals surface area contributed by atoms with Crippen LogP contribution in [0.25, 0.3) is 6.08 Å². The van der Waals surface area contributed by atoms with Crippen LogP contribution in [0.15, 0.2) is 80.3 Å². The summed E-state index contributed by atoms with van der Waals surface area (Å²) in [5.41, 5.74) is 2.80. The topological polar surface area (TPSA) is 91.0 Å². The molecule has 1 aliphatic heterocycles. The molecule has 0 atom stereocenters. The molecule has 33 heavy (non-hydrogen) atoms. The standard InChI is InChI=1S/C24H16Br2N2O5/c1-14-9-17(7-8-21(14)28(30)31)23-27-20(24(29)33-23)12-16-10-18(25)22(19(26)11-16)32-13-15-5-3-2-4-6-15/h2-12H,13H2,1H3/b20-12-. The van der Waals surface area contributed by atoms with Gasteiger partial charge in [0.2, 0.25) is 5.90 Å². The van der Waals surface area contributed by atoms with Gasteiger partial charge in [0.05, 0.1) is 13.9 Å². The van der Waals surface area contributed by atoms with Gasteiger partial charge in [0.25, 0.3) is 5.69 Å². The summed E-state index contributed by atoms with van der Waals surface area (Å²) in [4.78, 5) is 27.2. The van der Waals surface area contributed by atoms with E-state index in [4.69, 9.17) is 9.47 Å². The van der Waals surface area contributed by atoms with Gasteiger partial charge < -0.3 is 9.47 Å². The van der Waals surface area contributed by atoms with Gasteiger partial charge in [-0.15, -0.1) is 0 Å². The summed E-state index contributed by atoms with van der Waals surface area (Å²) in [7, 11) is 0. The number of nitro groups is 1. The smallest absolute Gasteiger partial charge is 0.363 e. The SMILES string of the molecule is Cc1cc(C2=N/C(=C\c3cc(Br)c(OCc4ccccc4)c(Br)c3)C(=O)O2)ccc1[N+](=O)[O-]. The number of halogens is 2. The molecule has 1 heterocycles. The lowest BCUT2D eigenvalue weighted by atomic mass is 10.1. The van der Waals surface area contributed by atoms with E-state index in [1.165, 1.54) is 12.1 Å². The second-order valence-electron chi connectivity index (χ2n) is 7.18. The van der Waals surface area contributed by atoms with Crippen LogP contribution in [0.2, 0.25) is 0 Å². The Bertz CT molecular complexity index is 1300. The zero-order chi connectivity index (χ0) is 23.5. The Morgan fingerprint density at radius 3 is 2.42 bits per heavy atom. The zero-order valence-corrected chi connectivity index (χ0v) is 20.4. The van der Waals surface area contributed by atoms with Gasteiger partial charge in [-0.05, 0) is 80.3 Å². The molecular weight excluding hydrogens is 556 g/mol. The van der Waals surface area contributed by atoms with E-state index < -0.39 is 10.9 Å². The average molecular weight is 572 g/mol. The van der Waals surface area contributed by atoms with Crippen LogP contribution in [0.5, 0.6) is 5.75 Å². The van der Waals surface area contributed by atoms with Gasteiger partial charge in [0.1, 0.15) is 12.4 Å². The second-order valence-corrected chi connectivity index (χ2v) is 8.89. The molecule has 0 bridgehead atoms. The first-order valence-electron chi connectivity index (χ1n) is 9.75. The minimum Gasteiger partial charge on any atom is -0.487 e. The van der Waals surface area contributed by atoms with Crippen LogP contribution in [0.4, 0.5) is 5.69 Å². The van der Waals surface area contributed by atoms with Crippen molar-refractivity contribution >= 4 is 55.5 Å². The van der Waals surface area contributed by atoms with Crippen LogP contribution in [-0.4, -0.2) is 16.8 Å². The Morgan fingerprint density at radius 1 is 1.09 bits per heavy atom. The van der Waals surface area contributed by atoms with Crippen molar-refractivity contribution in [3.8, 4) is 5.75 Å². The lowest BCUT2D eigenvalue weighted by Gasteiger charge is -2.11. The van der Waals surface area contributed by atoms with Crippen LogP contribution < -0.4 is 4.74 Å². The van der Waals surface area contributed by atoms with Gasteiger partial charge in [-0.1, -0.05) is 30.3 Å². The van der Waals surface area contributed by atoms with Crippen LogP contribution in [0.1, 0.15) is 22.3 Å². The quantitative estimate of drug-likeness (QED) is 0.149. The third kappa shape index (κ3) is 5.20. The molecule has 0 radical (unpaired) electrons. The molecule has 0 amide bonds. The summed E-state index contributed by atoms with van der Waals surface area (Å²) in [6, 6.07) is 17.9. The zero-order valence-electron chi connectivity index (χ0n) is 17.2. The molecule has 0 aliphatic carbocycles. The van der Waals surface area contributed by atoms with E-state index in [2.05, 4.69) is 36.9 Å². The highest BCUT2D eigenvalue weighted by atomic mass is 79.9. The van der Waals surface area contributed by atoms with Crippen LogP contribution in [0, 0.1) is 17.0 Å². The van der Waals surface area contributed by atoms with Crippen molar-refractivity contribution in [1.82, 2.24) is 0 Å². The van der Waals surface area contributed by atoms with Gasteiger partial charge >= 0.3 is 5.97 Å². The second kappa shape index (κ2) is 9.68. The van der Waals surface area contributed by atoms with Crippen molar-refractivity contribution in [3.05, 3.63) is 108 Å². The third-order valence-corrected chi connectivity index (χ3v) is 5.99. The minimum atomic E-state index is -0.599. The lowest BCUT2D eigenvalue weighted by molar-refractivity contribution is -0.385. The van der Waals surface area contributed by atoms with Gasteiger partial charge in [-0.3, -0.25) is 10.1 Å². The molecule has 9 heteroatoms. The first-order chi connectivity index (χ1) is 15.8. The normalized spacial score (nSPS) is 14.2. The van der Waals surface area contributed by atoms with Crippen molar-refractivity contribution in [2.45, 2.75) is 13.5 Å². The van der Waals surface area contributed by atoms with E-state index in [0.29, 0.717) is 38.0 Å². The Hall–Kier alpha value is -3.30. The predicted molar refractivity (Wildman–Crippen MR) is 131 cm³/mol. The van der Waals surface area contributed by atoms with Crippen molar-refractivity contribution in [2.24, 2.45) is 4.99 Å². The molecule has 166 valence electrons. The highest BCUT2D eigenvalue weighted by molar-refractivity contribution is 9.11. The molecule has 0 N–H and O–H groups in total. The van der Waals surface area contributed by atoms with E-state index >= 15 is 0 Å². The van der Waals surface area contributed by atoms with Gasteiger partial charge in [-0.2, -0.15) is 0 Å². The number of benzene rings is 3. The van der Waals surface area contributed by atoms with Crippen molar-refractivity contribution in [1.29, 1.82) is 0 Å². The fourth-order valence-electron chi connectivity index (χ4n) is 3.21. The number of esters is 1. The molecule has 0 saturated carbocycles. The number of carbonyl (C=O) groups excluding carboxylic acids is 1. The molecule has 7 nitrogen and oxygen atoms in total. The van der Waals surface area contributed by atoms with Crippen molar-refractivity contribution in [2.75, 3.05) is 0 Å². The summed E-state index contributed by atoms with van der Waals surface area (Å²) >= 11 is 7.04. The summed E-state index contributed by atoms with van der Waals surface area (Å²) in [5, 5.41) is 11.0. The fourth-order valence-corrected chi connectivity index (χ4v) is 4.67. The number of aryl methyl sites for hydroxylation is 1. The Labute approximate surface area is 206 Å². The summed E-state index contributed by atoms with van der Waals surface area (Å²) in [6.07, 6.45) is 1.60. The molecule has 3 aromatic carbocycles. The molecule has 0 fully saturated rings. The minimum absolute atomic E-state index is 0.0105. The maximum atomic E-state index is 12.4. The lowest BCUT2D eigenvalue weighted by Crippen LogP contribution is -2.06. The monoisotopic (exact) mass is 570 g/mol. The van der Waals surface area contributed by atoms with E-state index in [1.807, 2.05) is 42.5 Å². The summed E-state index contributed by atoms with van der Waals surface area (Å²) < 4.78 is 12.6. The first kappa shape index (κ1) is 22.9. The molecule has 0 unspecified atom stereocenters. The Morgan fingerprint density at radius 2 is 1.79 bits per heavy atom. The van der Waals surface area contributed by atoms with Gasteiger partial charge in [0, 0.05) is 17.2 Å². The predicted octanol–water partition coefficient (Wildman–Crippen LogP) is 6.35. The third-order valence-electron chi connectivity index (χ3n) is 4.81. The molecular formula is C24H16Br2N2O5. The number of nitro benzene ring substituents is 1. The number of aliphatic imine (C=N–C) groups is 1. The number of rotatable bonds is 6. The maximum absolute atomic E-state index is 12.4. The molecule has 1 aliphatic rings. The van der Waals surface area contributed by atoms with Crippen molar-refractivity contribution in [3.63, 3.8) is 0 Å². The van der Waals surface area contributed by atoms with E-state index in [9.17, 15) is 14.9 Å². The highest BCUT2D eigenvalue weighted by Gasteiger charge is 2.25. The van der Waals surface area contributed by atoms with E-state index in [0.717, 1.165) is 5.56 Å². The number of carbonyl (C=O) groups is 1. The Kier molecular flexibility index (Phi) is 6.71. The van der Waals surface area contributed by atoms with Crippen molar-refractivity contribution < 1.29 is 19.2 Å². The highest BCUT2D eigenvalue weighted by Crippen LogP contribution is 2.36. The van der Waals surface area contributed by atoms with Gasteiger partial charge in [0.15, 0.2) is 5.70 Å². The fraction of sp³-hybridized carbons (Fsp3) is 0.0833. The van der Waals surface area contributed by atoms with Crippen LogP contribution in [-0.2, 0) is 16.1 Å².